The predicted molar refractivity (Wildman–Crippen MR) is 104 cm³/mol. The summed E-state index contributed by atoms with van der Waals surface area (Å²) in [5.74, 6) is 3.14. The van der Waals surface area contributed by atoms with Crippen molar-refractivity contribution in [3.05, 3.63) is 23.9 Å². The molecule has 26 heavy (non-hydrogen) atoms. The van der Waals surface area contributed by atoms with E-state index in [1.165, 1.54) is 0 Å². The molecule has 0 spiro atoms. The molecule has 1 aromatic carbocycles. The van der Waals surface area contributed by atoms with Crippen LogP contribution in [0.1, 0.15) is 25.5 Å². The van der Waals surface area contributed by atoms with Gasteiger partial charge in [0.05, 0.1) is 21.3 Å². The van der Waals surface area contributed by atoms with E-state index in [4.69, 9.17) is 14.2 Å². The third-order valence-electron chi connectivity index (χ3n) is 3.97. The normalized spacial score (nSPS) is 10.4. The van der Waals surface area contributed by atoms with Crippen molar-refractivity contribution < 1.29 is 14.2 Å². The van der Waals surface area contributed by atoms with Crippen LogP contribution in [0.3, 0.4) is 0 Å². The van der Waals surface area contributed by atoms with Crippen LogP contribution in [-0.4, -0.2) is 44.9 Å². The Balaban J connectivity index is 2.32. The summed E-state index contributed by atoms with van der Waals surface area (Å²) in [7, 11) is 6.78. The Hall–Kier alpha value is -2.70. The maximum atomic E-state index is 5.40. The first-order valence-corrected chi connectivity index (χ1v) is 8.66. The van der Waals surface area contributed by atoms with E-state index in [0.717, 1.165) is 30.8 Å². The molecule has 7 nitrogen and oxygen atoms in total. The van der Waals surface area contributed by atoms with E-state index in [9.17, 15) is 0 Å². The molecule has 0 aliphatic heterocycles. The molecule has 0 aliphatic carbocycles. The minimum atomic E-state index is 0.555. The van der Waals surface area contributed by atoms with Crippen LogP contribution >= 0.6 is 0 Å². The zero-order valence-corrected chi connectivity index (χ0v) is 16.4. The van der Waals surface area contributed by atoms with Crippen molar-refractivity contribution in [1.82, 2.24) is 9.97 Å². The predicted octanol–water partition coefficient (Wildman–Crippen LogP) is 3.79. The zero-order valence-electron chi connectivity index (χ0n) is 16.4. The van der Waals surface area contributed by atoms with Crippen LogP contribution in [0.5, 0.6) is 17.2 Å². The number of rotatable bonds is 9. The zero-order chi connectivity index (χ0) is 19.1. The summed E-state index contributed by atoms with van der Waals surface area (Å²) >= 11 is 0. The van der Waals surface area contributed by atoms with Gasteiger partial charge in [-0.1, -0.05) is 13.3 Å². The number of ether oxygens (including phenoxy) is 3. The van der Waals surface area contributed by atoms with E-state index in [2.05, 4.69) is 27.1 Å². The second-order valence-electron chi connectivity index (χ2n) is 6.01. The largest absolute Gasteiger partial charge is 0.493 e. The van der Waals surface area contributed by atoms with Crippen molar-refractivity contribution in [1.29, 1.82) is 0 Å². The van der Waals surface area contributed by atoms with E-state index in [1.807, 2.05) is 32.2 Å². The molecular formula is C19H28N4O3. The first-order chi connectivity index (χ1) is 12.5. The van der Waals surface area contributed by atoms with Gasteiger partial charge in [0.25, 0.3) is 0 Å². The SMILES string of the molecule is CCCCN(C)c1nc(C)cc(Nc2cc(OC)c(OC)c(OC)c2)n1. The van der Waals surface area contributed by atoms with Crippen molar-refractivity contribution in [3.8, 4) is 17.2 Å². The van der Waals surface area contributed by atoms with Crippen molar-refractivity contribution in [2.75, 3.05) is 45.1 Å². The summed E-state index contributed by atoms with van der Waals surface area (Å²) in [4.78, 5) is 11.2. The molecule has 0 saturated carbocycles. The van der Waals surface area contributed by atoms with Gasteiger partial charge in [-0.25, -0.2) is 4.98 Å². The van der Waals surface area contributed by atoms with Crippen LogP contribution < -0.4 is 24.4 Å². The second-order valence-corrected chi connectivity index (χ2v) is 6.01. The lowest BCUT2D eigenvalue weighted by atomic mass is 10.2. The van der Waals surface area contributed by atoms with E-state index in [-0.39, 0.29) is 0 Å². The van der Waals surface area contributed by atoms with E-state index >= 15 is 0 Å². The van der Waals surface area contributed by atoms with Crippen molar-refractivity contribution >= 4 is 17.5 Å². The molecule has 0 radical (unpaired) electrons. The number of anilines is 3. The fourth-order valence-corrected chi connectivity index (χ4v) is 2.58. The van der Waals surface area contributed by atoms with Gasteiger partial charge in [-0.15, -0.1) is 0 Å². The Morgan fingerprint density at radius 3 is 2.19 bits per heavy atom. The molecule has 0 bridgehead atoms. The molecule has 1 heterocycles. The molecule has 142 valence electrons. The van der Waals surface area contributed by atoms with Gasteiger partial charge in [-0.2, -0.15) is 4.98 Å². The fourth-order valence-electron chi connectivity index (χ4n) is 2.58. The van der Waals surface area contributed by atoms with Crippen LogP contribution in [0.2, 0.25) is 0 Å². The van der Waals surface area contributed by atoms with Gasteiger partial charge in [-0.3, -0.25) is 0 Å². The van der Waals surface area contributed by atoms with Gasteiger partial charge in [0, 0.05) is 43.2 Å². The molecule has 0 atom stereocenters. The number of benzene rings is 1. The highest BCUT2D eigenvalue weighted by molar-refractivity contribution is 5.67. The molecule has 1 N–H and O–H groups in total. The molecule has 0 unspecified atom stereocenters. The summed E-state index contributed by atoms with van der Waals surface area (Å²) in [6.07, 6.45) is 2.23. The molecule has 0 saturated heterocycles. The molecule has 0 amide bonds. The number of methoxy groups -OCH3 is 3. The minimum Gasteiger partial charge on any atom is -0.493 e. The number of nitrogens with zero attached hydrogens (tertiary/aromatic N) is 3. The lowest BCUT2D eigenvalue weighted by Crippen LogP contribution is -2.21. The number of nitrogens with one attached hydrogen (secondary N) is 1. The standard InChI is InChI=1S/C19H28N4O3/c1-7-8-9-23(3)19-20-13(2)10-17(22-19)21-14-11-15(24-4)18(26-6)16(12-14)25-5/h10-12H,7-9H2,1-6H3,(H,20,21,22). The van der Waals surface area contributed by atoms with E-state index in [1.54, 1.807) is 21.3 Å². The van der Waals surface area contributed by atoms with Crippen LogP contribution in [0.25, 0.3) is 0 Å². The maximum absolute atomic E-state index is 5.40. The molecule has 2 rings (SSSR count). The van der Waals surface area contributed by atoms with Crippen LogP contribution in [0, 0.1) is 6.92 Å². The fraction of sp³-hybridized carbons (Fsp3) is 0.474. The van der Waals surface area contributed by atoms with E-state index in [0.29, 0.717) is 29.0 Å². The quantitative estimate of drug-likeness (QED) is 0.729. The highest BCUT2D eigenvalue weighted by atomic mass is 16.5. The highest BCUT2D eigenvalue weighted by Crippen LogP contribution is 2.40. The Bertz CT molecular complexity index is 712. The molecule has 1 aromatic heterocycles. The van der Waals surface area contributed by atoms with Gasteiger partial charge in [-0.05, 0) is 13.3 Å². The first-order valence-electron chi connectivity index (χ1n) is 8.66. The Labute approximate surface area is 155 Å². The monoisotopic (exact) mass is 360 g/mol. The number of aryl methyl sites for hydroxylation is 1. The average Bonchev–Trinajstić information content (AvgIpc) is 2.64. The van der Waals surface area contributed by atoms with Crippen LogP contribution in [0.15, 0.2) is 18.2 Å². The molecule has 2 aromatic rings. The molecule has 7 heteroatoms. The number of hydrogen-bond donors (Lipinski definition) is 1. The Morgan fingerprint density at radius 2 is 1.65 bits per heavy atom. The summed E-state index contributed by atoms with van der Waals surface area (Å²) in [5, 5.41) is 3.30. The Kier molecular flexibility index (Phi) is 6.89. The molecule has 0 fully saturated rings. The Morgan fingerprint density at radius 1 is 1.00 bits per heavy atom. The first kappa shape index (κ1) is 19.6. The summed E-state index contributed by atoms with van der Waals surface area (Å²) in [5.41, 5.74) is 1.69. The van der Waals surface area contributed by atoms with Crippen molar-refractivity contribution in [3.63, 3.8) is 0 Å². The highest BCUT2D eigenvalue weighted by Gasteiger charge is 2.14. The topological polar surface area (TPSA) is 68.7 Å². The van der Waals surface area contributed by atoms with E-state index < -0.39 is 0 Å². The van der Waals surface area contributed by atoms with Crippen molar-refractivity contribution in [2.45, 2.75) is 26.7 Å². The minimum absolute atomic E-state index is 0.555. The van der Waals surface area contributed by atoms with Gasteiger partial charge < -0.3 is 24.4 Å². The van der Waals surface area contributed by atoms with Gasteiger partial charge in [0.2, 0.25) is 11.7 Å². The lowest BCUT2D eigenvalue weighted by Gasteiger charge is -2.19. The summed E-state index contributed by atoms with van der Waals surface area (Å²) in [6.45, 7) is 5.05. The smallest absolute Gasteiger partial charge is 0.227 e. The van der Waals surface area contributed by atoms with Gasteiger partial charge >= 0.3 is 0 Å². The van der Waals surface area contributed by atoms with Gasteiger partial charge in [0.1, 0.15) is 5.82 Å². The average molecular weight is 360 g/mol. The summed E-state index contributed by atoms with van der Waals surface area (Å²) < 4.78 is 16.2. The number of unbranched alkanes of at least 4 members (excludes halogenated alkanes) is 1. The lowest BCUT2D eigenvalue weighted by molar-refractivity contribution is 0.324. The molecule has 0 aliphatic rings. The third-order valence-corrected chi connectivity index (χ3v) is 3.97. The summed E-state index contributed by atoms with van der Waals surface area (Å²) in [6, 6.07) is 5.60. The molecular weight excluding hydrogens is 332 g/mol. The van der Waals surface area contributed by atoms with Crippen LogP contribution in [0.4, 0.5) is 17.5 Å². The number of aromatic nitrogens is 2. The second kappa shape index (κ2) is 9.12. The maximum Gasteiger partial charge on any atom is 0.227 e. The van der Waals surface area contributed by atoms with Gasteiger partial charge in [0.15, 0.2) is 11.5 Å². The van der Waals surface area contributed by atoms with Crippen LogP contribution in [-0.2, 0) is 0 Å². The number of hydrogen-bond acceptors (Lipinski definition) is 7. The third kappa shape index (κ3) is 4.68. The van der Waals surface area contributed by atoms with Crippen molar-refractivity contribution in [2.24, 2.45) is 0 Å².